The number of benzene rings is 8. The van der Waals surface area contributed by atoms with Crippen LogP contribution in [0.4, 0.5) is 80.6 Å². The van der Waals surface area contributed by atoms with Crippen molar-refractivity contribution >= 4 is 118 Å². The number of hydrogen-bond acceptors (Lipinski definition) is 20. The van der Waals surface area contributed by atoms with E-state index in [2.05, 4.69) is 81.1 Å². The Morgan fingerprint density at radius 1 is 0.274 bits per heavy atom. The van der Waals surface area contributed by atoms with Crippen molar-refractivity contribution in [2.75, 3.05) is 77.6 Å². The van der Waals surface area contributed by atoms with Gasteiger partial charge in [0.25, 0.3) is 23.6 Å². The van der Waals surface area contributed by atoms with E-state index in [1.807, 2.05) is 0 Å². The summed E-state index contributed by atoms with van der Waals surface area (Å²) in [6, 6.07) is 40.2. The van der Waals surface area contributed by atoms with Gasteiger partial charge in [-0.05, 0) is 240 Å². The van der Waals surface area contributed by atoms with Gasteiger partial charge in [-0.1, -0.05) is 25.3 Å². The minimum absolute atomic E-state index is 0. The number of halogens is 8. The van der Waals surface area contributed by atoms with Gasteiger partial charge in [-0.3, -0.25) is 58.3 Å². The van der Waals surface area contributed by atoms with E-state index >= 15 is 0 Å². The monoisotopic (exact) mass is 1900 g/mol. The molecule has 0 unspecified atom stereocenters. The van der Waals surface area contributed by atoms with E-state index in [4.69, 9.17) is 0 Å². The third-order valence-corrected chi connectivity index (χ3v) is 13.5. The van der Waals surface area contributed by atoms with Crippen molar-refractivity contribution < 1.29 is 162 Å². The quantitative estimate of drug-likeness (QED) is 0.0199. The van der Waals surface area contributed by atoms with Crippen molar-refractivity contribution in [3.05, 3.63) is 312 Å². The van der Waals surface area contributed by atoms with E-state index in [-0.39, 0.29) is 137 Å². The molecule has 4 radical (unpaired) electrons. The van der Waals surface area contributed by atoms with Crippen LogP contribution in [0.1, 0.15) is 64.7 Å². The van der Waals surface area contributed by atoms with Crippen molar-refractivity contribution in [1.29, 1.82) is 0 Å². The Balaban J connectivity index is 0.000000760. The Kier molecular flexibility index (Phi) is 48.9. The molecule has 0 atom stereocenters. The number of anilines is 4. The van der Waals surface area contributed by atoms with Crippen LogP contribution in [-0.2, 0) is 87.5 Å². The first-order valence-electron chi connectivity index (χ1n) is 33.9. The number of carbonyl (C=O) groups excluding carboxylic acids is 8. The van der Waals surface area contributed by atoms with Crippen LogP contribution in [0, 0.1) is 46.5 Å². The van der Waals surface area contributed by atoms with Gasteiger partial charge in [-0.2, -0.15) is 0 Å². The number of nitrogens with one attached hydrogen (secondary N) is 4. The maximum absolute atomic E-state index is 12.9. The Labute approximate surface area is 744 Å². The van der Waals surface area contributed by atoms with Crippen molar-refractivity contribution in [1.82, 2.24) is 59.5 Å². The summed E-state index contributed by atoms with van der Waals surface area (Å²) in [5.74, 6) is -9.47. The maximum Gasteiger partial charge on any atom is 2.00 e. The standard InChI is InChI=1S/4C17H12F2N4O2.4C3H7NO.4Cu/c4*18-10-1-5-12(6-2-10)22-16(24)14-15(21-9-20-14)17(25)23-13-7-3-11(19)4-8-13;4*1-4(2)3-5;;;;/h4*1-9H,(H3,20,21,22,23,24,25);4*3H,1-2H3;;;;/q;;;;;;;;4*+2/p-8. The molecule has 8 amide bonds. The SMILES string of the molecule is CN(C)C=O.CN(C)C=O.CN(C)C=O.CN(C)C=O.O=C(Nc1ccc(F)cc1)c1[n-]cnc1C([O-])=Nc1ccc(F)cc1.O=C(Nc1ccc(F)cc1)c1nc[n-]c1C([O-])=Nc1ccc(F)cc1.O=C(Nc1ccc(F)cc1)c1nc[n-]c1C([O-])=Nc1ccc(F)cc1.O=C(Nc1ccc(F)cc1)c1nc[n-]c1C([O-])=Nc1ccc(F)cc1.[Cu+2].[Cu+2].[Cu+2].[Cu+2]. The largest absolute Gasteiger partial charge is 2.00 e. The zero-order valence-corrected chi connectivity index (χ0v) is 69.1. The van der Waals surface area contributed by atoms with Crippen LogP contribution >= 0.6 is 0 Å². The molecule has 4 heterocycles. The predicted octanol–water partition coefficient (Wildman–Crippen LogP) is 6.84. The molecule has 0 bridgehead atoms. The second kappa shape index (κ2) is 56.3. The van der Waals surface area contributed by atoms with E-state index in [1.165, 1.54) is 165 Å². The van der Waals surface area contributed by atoms with Crippen LogP contribution in [0.5, 0.6) is 0 Å². The molecular formula is C80H68Cu4F8N20O12. The van der Waals surface area contributed by atoms with Crippen molar-refractivity contribution in [3.8, 4) is 0 Å². The molecule has 124 heavy (non-hydrogen) atoms. The smallest absolute Gasteiger partial charge is 0.858 e. The number of amides is 8. The Morgan fingerprint density at radius 2 is 0.435 bits per heavy atom. The molecular weight excluding hydrogens is 1840 g/mol. The molecule has 4 aromatic heterocycles. The van der Waals surface area contributed by atoms with Crippen molar-refractivity contribution in [2.24, 2.45) is 20.0 Å². The molecule has 0 aliphatic heterocycles. The summed E-state index contributed by atoms with van der Waals surface area (Å²) in [4.78, 5) is 138. The van der Waals surface area contributed by atoms with Crippen LogP contribution in [0.15, 0.2) is 239 Å². The van der Waals surface area contributed by atoms with E-state index in [1.54, 1.807) is 56.4 Å². The summed E-state index contributed by atoms with van der Waals surface area (Å²) in [5.41, 5.74) is 0.469. The van der Waals surface area contributed by atoms with Crippen LogP contribution in [-0.4, -0.2) is 169 Å². The fourth-order valence-electron chi connectivity index (χ4n) is 7.99. The third-order valence-electron chi connectivity index (χ3n) is 13.5. The second-order valence-electron chi connectivity index (χ2n) is 24.0. The summed E-state index contributed by atoms with van der Waals surface area (Å²) < 4.78 is 103. The fraction of sp³-hybridized carbons (Fsp3) is 0.100. The summed E-state index contributed by atoms with van der Waals surface area (Å²) in [7, 11) is 13.5. The topological polar surface area (TPSA) is 447 Å². The molecule has 0 saturated carbocycles. The first-order valence-corrected chi connectivity index (χ1v) is 33.9. The van der Waals surface area contributed by atoms with Gasteiger partial charge in [0.15, 0.2) is 0 Å². The molecule has 660 valence electrons. The third kappa shape index (κ3) is 38.9. The summed E-state index contributed by atoms with van der Waals surface area (Å²) >= 11 is 0. The summed E-state index contributed by atoms with van der Waals surface area (Å²) in [6.45, 7) is 0. The molecule has 12 rings (SSSR count). The van der Waals surface area contributed by atoms with Gasteiger partial charge >= 0.3 is 68.3 Å². The Hall–Kier alpha value is -14.2. The summed E-state index contributed by atoms with van der Waals surface area (Å²) in [5, 5.41) is 58.7. The van der Waals surface area contributed by atoms with E-state index in [0.717, 1.165) is 99.5 Å². The van der Waals surface area contributed by atoms with Crippen LogP contribution in [0.3, 0.4) is 0 Å². The van der Waals surface area contributed by atoms with Gasteiger partial charge in [0.1, 0.15) is 46.5 Å². The average molecular weight is 1910 g/mol. The molecule has 44 heteroatoms. The molecule has 0 aliphatic carbocycles. The number of carbonyl (C=O) groups is 8. The zero-order valence-electron chi connectivity index (χ0n) is 65.4. The predicted molar refractivity (Wildman–Crippen MR) is 417 cm³/mol. The molecule has 12 aromatic rings. The number of nitrogens with zero attached hydrogens (tertiary/aromatic N) is 16. The number of aliphatic imine (C=N–C) groups is 4. The van der Waals surface area contributed by atoms with Gasteiger partial charge in [0.05, 0.1) is 22.7 Å². The van der Waals surface area contributed by atoms with Crippen molar-refractivity contribution in [2.45, 2.75) is 0 Å². The summed E-state index contributed by atoms with van der Waals surface area (Å²) in [6.07, 6.45) is 7.25. The number of rotatable bonds is 20. The molecule has 0 spiro atoms. The average Bonchev–Trinajstić information content (AvgIpc) is 1.69. The minimum atomic E-state index is -0.784. The van der Waals surface area contributed by atoms with Gasteiger partial charge in [0.2, 0.25) is 25.6 Å². The molecule has 0 aliphatic rings. The molecule has 0 fully saturated rings. The minimum Gasteiger partial charge on any atom is -0.858 e. The molecule has 4 N–H and O–H groups in total. The number of hydrogen-bond donors (Lipinski definition) is 4. The molecule has 8 aromatic carbocycles. The van der Waals surface area contributed by atoms with E-state index in [0.29, 0.717) is 22.7 Å². The van der Waals surface area contributed by atoms with Crippen LogP contribution in [0.25, 0.3) is 0 Å². The zero-order chi connectivity index (χ0) is 88.4. The van der Waals surface area contributed by atoms with Gasteiger partial charge in [0, 0.05) is 102 Å². The molecule has 0 saturated heterocycles. The maximum atomic E-state index is 12.9. The number of aromatic nitrogens is 8. The van der Waals surface area contributed by atoms with Crippen molar-refractivity contribution in [3.63, 3.8) is 0 Å². The second-order valence-corrected chi connectivity index (χ2v) is 24.0. The Bertz CT molecular complexity index is 4760. The Morgan fingerprint density at radius 3 is 0.629 bits per heavy atom. The van der Waals surface area contributed by atoms with Crippen LogP contribution in [0.2, 0.25) is 0 Å². The fourth-order valence-corrected chi connectivity index (χ4v) is 7.99. The van der Waals surface area contributed by atoms with Crippen LogP contribution < -0.4 is 61.6 Å². The van der Waals surface area contributed by atoms with E-state index in [9.17, 15) is 93.9 Å². The first kappa shape index (κ1) is 108. The first-order chi connectivity index (χ1) is 57.2. The normalized spacial score (nSPS) is 10.3. The van der Waals surface area contributed by atoms with E-state index < -0.39 is 93.8 Å². The van der Waals surface area contributed by atoms with Gasteiger partial charge in [-0.25, -0.2) is 35.1 Å². The number of imidazole rings is 4. The van der Waals surface area contributed by atoms with Gasteiger partial charge in [-0.15, -0.1) is 0 Å². The van der Waals surface area contributed by atoms with Gasteiger partial charge < -0.3 is 101 Å². The molecule has 32 nitrogen and oxygen atoms in total.